The molecule has 0 aromatic heterocycles. The minimum absolute atomic E-state index is 0.270. The molecule has 0 saturated carbocycles. The molecule has 0 fully saturated rings. The number of carbonyl (C=O) groups is 2. The molecule has 2 rings (SSSR count). The van der Waals surface area contributed by atoms with Gasteiger partial charge in [-0.1, -0.05) is 0 Å². The van der Waals surface area contributed by atoms with Crippen molar-refractivity contribution in [1.82, 2.24) is 0 Å². The Morgan fingerprint density at radius 2 is 1.76 bits per heavy atom. The molecular weight excluding hydrogens is 383 g/mol. The molecule has 21 heavy (non-hydrogen) atoms. The second kappa shape index (κ2) is 7.21. The Morgan fingerprint density at radius 1 is 1.10 bits per heavy atom. The van der Waals surface area contributed by atoms with E-state index in [2.05, 4.69) is 0 Å². The number of hydrogen-bond donors (Lipinski definition) is 1. The summed E-state index contributed by atoms with van der Waals surface area (Å²) >= 11 is -0.586. The normalized spacial score (nSPS) is 10.3. The van der Waals surface area contributed by atoms with Gasteiger partial charge in [0.1, 0.15) is 0 Å². The molecule has 4 nitrogen and oxygen atoms in total. The summed E-state index contributed by atoms with van der Waals surface area (Å²) in [6.07, 6.45) is 0.334. The number of rotatable bonds is 5. The Balaban J connectivity index is 2.14. The van der Waals surface area contributed by atoms with Gasteiger partial charge in [-0.25, -0.2) is 0 Å². The first-order chi connectivity index (χ1) is 10.1. The van der Waals surface area contributed by atoms with Crippen LogP contribution < -0.4 is 25.9 Å². The van der Waals surface area contributed by atoms with Crippen LogP contribution in [0.2, 0.25) is 0 Å². The molecule has 0 atom stereocenters. The van der Waals surface area contributed by atoms with E-state index in [-0.39, 0.29) is 5.97 Å². The summed E-state index contributed by atoms with van der Waals surface area (Å²) in [5, 5.41) is 9.17. The predicted molar refractivity (Wildman–Crippen MR) is 73.2 cm³/mol. The van der Waals surface area contributed by atoms with E-state index < -0.39 is 27.2 Å². The van der Waals surface area contributed by atoms with E-state index in [4.69, 9.17) is 4.74 Å². The topological polar surface area (TPSA) is 63.6 Å². The van der Waals surface area contributed by atoms with E-state index in [9.17, 15) is 14.7 Å². The Labute approximate surface area is 133 Å². The van der Waals surface area contributed by atoms with E-state index in [1.54, 1.807) is 31.2 Å². The number of carbonyl (C=O) groups excluding carboxylic acids is 1. The summed E-state index contributed by atoms with van der Waals surface area (Å²) in [6, 6.07) is 14.3. The zero-order chi connectivity index (χ0) is 15.2. The van der Waals surface area contributed by atoms with Crippen LogP contribution >= 0.6 is 0 Å². The van der Waals surface area contributed by atoms with Crippen molar-refractivity contribution in [3.63, 3.8) is 0 Å². The van der Waals surface area contributed by atoms with Crippen LogP contribution in [0, 0.1) is 7.14 Å². The second-order valence-electron chi connectivity index (χ2n) is 4.16. The van der Waals surface area contributed by atoms with Crippen LogP contribution in [0.3, 0.4) is 0 Å². The first-order valence-electron chi connectivity index (χ1n) is 6.38. The van der Waals surface area contributed by atoms with Crippen molar-refractivity contribution in [2.24, 2.45) is 0 Å². The molecule has 5 heteroatoms. The molecule has 0 aliphatic heterocycles. The van der Waals surface area contributed by atoms with Crippen molar-refractivity contribution in [2.45, 2.75) is 13.3 Å². The maximum absolute atomic E-state index is 11.2. The predicted octanol–water partition coefficient (Wildman–Crippen LogP) is -0.171. The molecule has 0 spiro atoms. The van der Waals surface area contributed by atoms with Crippen molar-refractivity contribution in [3.8, 4) is 5.75 Å². The van der Waals surface area contributed by atoms with Gasteiger partial charge in [-0.05, 0) is 0 Å². The van der Waals surface area contributed by atoms with Crippen molar-refractivity contribution in [3.05, 3.63) is 61.2 Å². The molecule has 0 saturated heterocycles. The molecule has 2 aromatic rings. The van der Waals surface area contributed by atoms with Crippen molar-refractivity contribution < 1.29 is 40.6 Å². The van der Waals surface area contributed by atoms with E-state index in [0.717, 1.165) is 7.14 Å². The van der Waals surface area contributed by atoms with E-state index >= 15 is 0 Å². The van der Waals surface area contributed by atoms with E-state index in [1.165, 1.54) is 0 Å². The maximum atomic E-state index is 11.2. The van der Waals surface area contributed by atoms with Crippen LogP contribution in [-0.4, -0.2) is 17.0 Å². The third-order valence-electron chi connectivity index (χ3n) is 2.65. The second-order valence-corrected chi connectivity index (χ2v) is 7.11. The third kappa shape index (κ3) is 4.29. The van der Waals surface area contributed by atoms with Crippen LogP contribution in [0.25, 0.3) is 0 Å². The van der Waals surface area contributed by atoms with Crippen molar-refractivity contribution in [1.29, 1.82) is 0 Å². The summed E-state index contributed by atoms with van der Waals surface area (Å²) in [4.78, 5) is 22.4. The Morgan fingerprint density at radius 3 is 2.38 bits per heavy atom. The van der Waals surface area contributed by atoms with Crippen molar-refractivity contribution in [2.75, 3.05) is 0 Å². The summed E-state index contributed by atoms with van der Waals surface area (Å²) in [6.45, 7) is 1.74. The van der Waals surface area contributed by atoms with Crippen LogP contribution in [-0.2, 0) is 4.79 Å². The summed E-state index contributed by atoms with van der Waals surface area (Å²) in [5.74, 6) is -0.659. The molecule has 1 N–H and O–H groups in total. The number of aromatic carboxylic acids is 1. The summed E-state index contributed by atoms with van der Waals surface area (Å²) < 4.78 is 7.04. The fraction of sp³-hybridized carbons (Fsp3) is 0.125. The number of esters is 1. The van der Waals surface area contributed by atoms with Gasteiger partial charge in [-0.15, -0.1) is 0 Å². The molecule has 0 unspecified atom stereocenters. The average molecular weight is 397 g/mol. The average Bonchev–Trinajstić information content (AvgIpc) is 2.49. The molecule has 0 amide bonds. The number of carboxylic acids is 1. The number of halogens is 1. The quantitative estimate of drug-likeness (QED) is 0.433. The monoisotopic (exact) mass is 397 g/mol. The minimum atomic E-state index is -0.904. The Kier molecular flexibility index (Phi) is 5.32. The van der Waals surface area contributed by atoms with Gasteiger partial charge in [-0.2, -0.15) is 0 Å². The van der Waals surface area contributed by atoms with Crippen LogP contribution in [0.5, 0.6) is 5.75 Å². The summed E-state index contributed by atoms with van der Waals surface area (Å²) in [7, 11) is 0. The van der Waals surface area contributed by atoms with Gasteiger partial charge in [0.25, 0.3) is 0 Å². The molecule has 0 bridgehead atoms. The molecule has 0 aliphatic rings. The molecule has 110 valence electrons. The van der Waals surface area contributed by atoms with Crippen LogP contribution in [0.1, 0.15) is 23.7 Å². The zero-order valence-corrected chi connectivity index (χ0v) is 13.5. The zero-order valence-electron chi connectivity index (χ0n) is 11.4. The SMILES string of the molecule is CCC(=O)Oc1ccc([I-]c2ccccc2C(=O)O)cc1. The fourth-order valence-corrected chi connectivity index (χ4v) is 4.08. The number of carboxylic acid groups (broad SMARTS) is 1. The first-order valence-corrected chi connectivity index (χ1v) is 8.53. The Bertz CT molecular complexity index is 650. The van der Waals surface area contributed by atoms with Gasteiger partial charge >= 0.3 is 133 Å². The Hall–Kier alpha value is -1.89. The number of benzene rings is 2. The van der Waals surface area contributed by atoms with Gasteiger partial charge in [0, 0.05) is 0 Å². The standard InChI is InChI=1S/C16H14IO4/c1-2-15(18)21-12-9-7-11(8-10-12)17-14-6-4-3-5-13(14)16(19)20/h3-10H,2H2,1H3,(H,19,20)/q-1. The van der Waals surface area contributed by atoms with Gasteiger partial charge in [0.2, 0.25) is 0 Å². The van der Waals surface area contributed by atoms with Gasteiger partial charge in [-0.3, -0.25) is 0 Å². The van der Waals surface area contributed by atoms with Gasteiger partial charge < -0.3 is 0 Å². The van der Waals surface area contributed by atoms with Gasteiger partial charge in [0.05, 0.1) is 0 Å². The number of hydrogen-bond acceptors (Lipinski definition) is 3. The van der Waals surface area contributed by atoms with Crippen LogP contribution in [0.4, 0.5) is 0 Å². The van der Waals surface area contributed by atoms with Crippen molar-refractivity contribution >= 4 is 11.9 Å². The molecule has 0 heterocycles. The van der Waals surface area contributed by atoms with Gasteiger partial charge in [0.15, 0.2) is 0 Å². The molecule has 0 radical (unpaired) electrons. The molecule has 0 aliphatic carbocycles. The van der Waals surface area contributed by atoms with Crippen LogP contribution in [0.15, 0.2) is 48.5 Å². The first kappa shape index (κ1) is 15.5. The fourth-order valence-electron chi connectivity index (χ4n) is 1.60. The van der Waals surface area contributed by atoms with E-state index in [1.807, 2.05) is 24.3 Å². The third-order valence-corrected chi connectivity index (χ3v) is 5.51. The molecular formula is C16H14IO4-. The number of ether oxygens (including phenoxy) is 1. The molecule has 2 aromatic carbocycles. The summed E-state index contributed by atoms with van der Waals surface area (Å²) in [5.41, 5.74) is 0.354. The van der Waals surface area contributed by atoms with E-state index in [0.29, 0.717) is 17.7 Å².